The molecule has 3 atom stereocenters. The predicted octanol–water partition coefficient (Wildman–Crippen LogP) is 3.29. The fraction of sp³-hybridized carbons (Fsp3) is 0.276. The Labute approximate surface area is 212 Å². The van der Waals surface area contributed by atoms with Gasteiger partial charge in [-0.1, -0.05) is 78.9 Å². The van der Waals surface area contributed by atoms with E-state index < -0.39 is 6.04 Å². The second kappa shape index (κ2) is 11.6. The molecule has 186 valence electrons. The van der Waals surface area contributed by atoms with Crippen LogP contribution in [-0.2, 0) is 16.1 Å². The van der Waals surface area contributed by atoms with Crippen LogP contribution in [-0.4, -0.2) is 36.3 Å². The lowest BCUT2D eigenvalue weighted by Gasteiger charge is -2.30. The van der Waals surface area contributed by atoms with Gasteiger partial charge in [-0.15, -0.1) is 0 Å². The molecule has 6 N–H and O–H groups in total. The maximum Gasteiger partial charge on any atom is 0.242 e. The third-order valence-electron chi connectivity index (χ3n) is 6.69. The van der Waals surface area contributed by atoms with Gasteiger partial charge in [0.25, 0.3) is 0 Å². The molecule has 0 spiro atoms. The van der Waals surface area contributed by atoms with Crippen molar-refractivity contribution in [1.82, 2.24) is 16.0 Å². The Morgan fingerprint density at radius 2 is 1.67 bits per heavy atom. The quantitative estimate of drug-likeness (QED) is 0.249. The molecule has 1 aliphatic heterocycles. The number of nitrogen functional groups attached to an aromatic ring is 1. The van der Waals surface area contributed by atoms with Gasteiger partial charge in [0, 0.05) is 12.1 Å². The van der Waals surface area contributed by atoms with E-state index >= 15 is 0 Å². The average molecular weight is 484 g/mol. The number of nitrogens with one attached hydrogen (secondary N) is 4. The SMILES string of the molecule is CC(NC(=O)[C@H]1C[C@@H](c2ccc(-c3ccccc3)cc2)CCN1)C(=O)NCc1ccc(C(=N)N)cc1. The third-order valence-corrected chi connectivity index (χ3v) is 6.69. The molecule has 0 bridgehead atoms. The summed E-state index contributed by atoms with van der Waals surface area (Å²) in [5.74, 6) is -0.115. The highest BCUT2D eigenvalue weighted by Gasteiger charge is 2.29. The number of piperidine rings is 1. The van der Waals surface area contributed by atoms with Crippen molar-refractivity contribution in [2.45, 2.75) is 44.3 Å². The molecule has 1 aliphatic rings. The summed E-state index contributed by atoms with van der Waals surface area (Å²) in [4.78, 5) is 25.5. The first-order valence-corrected chi connectivity index (χ1v) is 12.3. The van der Waals surface area contributed by atoms with Crippen molar-refractivity contribution in [1.29, 1.82) is 5.41 Å². The smallest absolute Gasteiger partial charge is 0.242 e. The molecule has 0 aliphatic carbocycles. The summed E-state index contributed by atoms with van der Waals surface area (Å²) in [6.45, 7) is 2.77. The van der Waals surface area contributed by atoms with E-state index in [0.717, 1.165) is 18.5 Å². The lowest BCUT2D eigenvalue weighted by molar-refractivity contribution is -0.130. The van der Waals surface area contributed by atoms with Crippen molar-refractivity contribution < 1.29 is 9.59 Å². The van der Waals surface area contributed by atoms with Gasteiger partial charge in [0.05, 0.1) is 6.04 Å². The Bertz CT molecular complexity index is 1190. The number of hydrogen-bond acceptors (Lipinski definition) is 4. The van der Waals surface area contributed by atoms with Crippen LogP contribution in [0.1, 0.15) is 42.4 Å². The van der Waals surface area contributed by atoms with Gasteiger partial charge in [-0.3, -0.25) is 15.0 Å². The van der Waals surface area contributed by atoms with Crippen LogP contribution < -0.4 is 21.7 Å². The molecule has 0 saturated carbocycles. The number of benzene rings is 3. The highest BCUT2D eigenvalue weighted by Crippen LogP contribution is 2.30. The van der Waals surface area contributed by atoms with Gasteiger partial charge in [0.2, 0.25) is 11.8 Å². The van der Waals surface area contributed by atoms with Crippen LogP contribution in [0.5, 0.6) is 0 Å². The molecule has 0 aromatic heterocycles. The average Bonchev–Trinajstić information content (AvgIpc) is 2.92. The van der Waals surface area contributed by atoms with E-state index in [1.54, 1.807) is 19.1 Å². The summed E-state index contributed by atoms with van der Waals surface area (Å²) in [6.07, 6.45) is 1.65. The summed E-state index contributed by atoms with van der Waals surface area (Å²) in [6, 6.07) is 25.0. The third kappa shape index (κ3) is 6.37. The standard InChI is InChI=1S/C29H33N5O2/c1-19(28(35)33-18-20-7-9-24(10-8-20)27(30)31)34-29(36)26-17-25(15-16-32-26)23-13-11-22(12-14-23)21-5-3-2-4-6-21/h2-14,19,25-26,32H,15-18H2,1H3,(H3,30,31)(H,33,35)(H,34,36)/t19?,25-,26+/m0/s1. The largest absolute Gasteiger partial charge is 0.384 e. The zero-order valence-corrected chi connectivity index (χ0v) is 20.5. The first kappa shape index (κ1) is 25.1. The normalized spacial score (nSPS) is 18.1. The van der Waals surface area contributed by atoms with Crippen LogP contribution in [0.3, 0.4) is 0 Å². The maximum atomic E-state index is 12.9. The summed E-state index contributed by atoms with van der Waals surface area (Å²) in [5, 5.41) is 16.5. The lowest BCUT2D eigenvalue weighted by atomic mass is 9.85. The van der Waals surface area contributed by atoms with Gasteiger partial charge in [-0.2, -0.15) is 0 Å². The molecular weight excluding hydrogens is 450 g/mol. The molecule has 3 aromatic carbocycles. The van der Waals surface area contributed by atoms with Gasteiger partial charge in [0.1, 0.15) is 11.9 Å². The van der Waals surface area contributed by atoms with Crippen molar-refractivity contribution in [3.05, 3.63) is 95.6 Å². The molecule has 36 heavy (non-hydrogen) atoms. The van der Waals surface area contributed by atoms with Gasteiger partial charge in [0.15, 0.2) is 0 Å². The van der Waals surface area contributed by atoms with Gasteiger partial charge < -0.3 is 21.7 Å². The Kier molecular flexibility index (Phi) is 8.13. The van der Waals surface area contributed by atoms with Crippen LogP contribution >= 0.6 is 0 Å². The van der Waals surface area contributed by atoms with Crippen molar-refractivity contribution in [3.63, 3.8) is 0 Å². The number of rotatable bonds is 8. The molecule has 0 radical (unpaired) electrons. The van der Waals surface area contributed by atoms with Gasteiger partial charge >= 0.3 is 0 Å². The van der Waals surface area contributed by atoms with Crippen LogP contribution in [0, 0.1) is 5.41 Å². The summed E-state index contributed by atoms with van der Waals surface area (Å²) in [5.41, 5.74) is 10.6. The molecule has 3 aromatic rings. The lowest BCUT2D eigenvalue weighted by Crippen LogP contribution is -2.53. The molecule has 1 saturated heterocycles. The van der Waals surface area contributed by atoms with Crippen LogP contribution in [0.2, 0.25) is 0 Å². The van der Waals surface area contributed by atoms with E-state index in [9.17, 15) is 9.59 Å². The summed E-state index contributed by atoms with van der Waals surface area (Å²) >= 11 is 0. The highest BCUT2D eigenvalue weighted by molar-refractivity contribution is 5.95. The zero-order chi connectivity index (χ0) is 25.5. The van der Waals surface area contributed by atoms with E-state index in [-0.39, 0.29) is 29.6 Å². The number of amidine groups is 1. The van der Waals surface area contributed by atoms with Crippen LogP contribution in [0.25, 0.3) is 11.1 Å². The number of amides is 2. The van der Waals surface area contributed by atoms with Crippen molar-refractivity contribution in [2.24, 2.45) is 5.73 Å². The Hall–Kier alpha value is -3.97. The van der Waals surface area contributed by atoms with E-state index in [1.807, 2.05) is 30.3 Å². The summed E-state index contributed by atoms with van der Waals surface area (Å²) in [7, 11) is 0. The molecule has 1 heterocycles. The number of carbonyl (C=O) groups is 2. The monoisotopic (exact) mass is 483 g/mol. The van der Waals surface area contributed by atoms with Gasteiger partial charge in [-0.25, -0.2) is 0 Å². The molecule has 7 heteroatoms. The summed E-state index contributed by atoms with van der Waals surface area (Å²) < 4.78 is 0. The van der Waals surface area contributed by atoms with Crippen molar-refractivity contribution in [2.75, 3.05) is 6.54 Å². The fourth-order valence-corrected chi connectivity index (χ4v) is 4.52. The molecule has 7 nitrogen and oxygen atoms in total. The number of hydrogen-bond donors (Lipinski definition) is 5. The van der Waals surface area contributed by atoms with Crippen LogP contribution in [0.4, 0.5) is 0 Å². The molecule has 1 unspecified atom stereocenters. The first-order valence-electron chi connectivity index (χ1n) is 12.3. The zero-order valence-electron chi connectivity index (χ0n) is 20.5. The number of nitrogens with two attached hydrogens (primary N) is 1. The van der Waals surface area contributed by atoms with E-state index in [1.165, 1.54) is 16.7 Å². The van der Waals surface area contributed by atoms with E-state index in [2.05, 4.69) is 52.3 Å². The number of carbonyl (C=O) groups excluding carboxylic acids is 2. The minimum Gasteiger partial charge on any atom is -0.384 e. The minimum absolute atomic E-state index is 0.00433. The van der Waals surface area contributed by atoms with Crippen LogP contribution in [0.15, 0.2) is 78.9 Å². The Balaban J connectivity index is 1.28. The highest BCUT2D eigenvalue weighted by atomic mass is 16.2. The second-order valence-corrected chi connectivity index (χ2v) is 9.27. The maximum absolute atomic E-state index is 12.9. The van der Waals surface area contributed by atoms with Crippen molar-refractivity contribution in [3.8, 4) is 11.1 Å². The fourth-order valence-electron chi connectivity index (χ4n) is 4.52. The molecule has 2 amide bonds. The van der Waals surface area contributed by atoms with E-state index in [0.29, 0.717) is 18.5 Å². The Morgan fingerprint density at radius 1 is 1.00 bits per heavy atom. The first-order chi connectivity index (χ1) is 17.4. The Morgan fingerprint density at radius 3 is 2.33 bits per heavy atom. The van der Waals surface area contributed by atoms with Crippen molar-refractivity contribution >= 4 is 17.6 Å². The molecule has 1 fully saturated rings. The second-order valence-electron chi connectivity index (χ2n) is 9.27. The minimum atomic E-state index is -0.652. The predicted molar refractivity (Wildman–Crippen MR) is 143 cm³/mol. The molecular formula is C29H33N5O2. The topological polar surface area (TPSA) is 120 Å². The van der Waals surface area contributed by atoms with E-state index in [4.69, 9.17) is 11.1 Å². The molecule has 4 rings (SSSR count). The van der Waals surface area contributed by atoms with Gasteiger partial charge in [-0.05, 0) is 54.5 Å².